The van der Waals surface area contributed by atoms with Crippen molar-refractivity contribution in [3.05, 3.63) is 83.1 Å². The van der Waals surface area contributed by atoms with Gasteiger partial charge < -0.3 is 0 Å². The minimum absolute atomic E-state index is 0.683. The Hall–Kier alpha value is -2.04. The van der Waals surface area contributed by atoms with Gasteiger partial charge in [0.05, 0.1) is 0 Å². The molecule has 0 bridgehead atoms. The lowest BCUT2D eigenvalue weighted by Crippen LogP contribution is -1.85. The highest BCUT2D eigenvalue weighted by atomic mass is 14.4. The highest BCUT2D eigenvalue weighted by molar-refractivity contribution is 5.79. The zero-order valence-corrected chi connectivity index (χ0v) is 11.4. The molecular formula is C19H18. The molecule has 0 saturated heterocycles. The van der Waals surface area contributed by atoms with E-state index in [1.807, 2.05) is 0 Å². The van der Waals surface area contributed by atoms with Crippen molar-refractivity contribution >= 4 is 5.57 Å². The van der Waals surface area contributed by atoms with E-state index in [0.29, 0.717) is 11.8 Å². The molecule has 0 spiro atoms. The monoisotopic (exact) mass is 246 g/mol. The number of hydrogen-bond donors (Lipinski definition) is 0. The summed E-state index contributed by atoms with van der Waals surface area (Å²) in [6.45, 7) is 4.56. The molecule has 2 atom stereocenters. The van der Waals surface area contributed by atoms with E-state index in [0.717, 1.165) is 0 Å². The van der Waals surface area contributed by atoms with Crippen LogP contribution in [-0.4, -0.2) is 0 Å². The topological polar surface area (TPSA) is 0 Å². The smallest absolute Gasteiger partial charge is 0.0309 e. The average Bonchev–Trinajstić information content (AvgIpc) is 3.04. The number of hydrogen-bond acceptors (Lipinski definition) is 0. The summed E-state index contributed by atoms with van der Waals surface area (Å²) in [5, 5.41) is 0. The summed E-state index contributed by atoms with van der Waals surface area (Å²) in [5.74, 6) is 1.37. The van der Waals surface area contributed by atoms with Crippen LogP contribution < -0.4 is 0 Å². The van der Waals surface area contributed by atoms with Gasteiger partial charge in [0.25, 0.3) is 0 Å². The van der Waals surface area contributed by atoms with Gasteiger partial charge in [-0.3, -0.25) is 0 Å². The Balaban J connectivity index is 2.16. The summed E-state index contributed by atoms with van der Waals surface area (Å²) in [6, 6.07) is 21.1. The molecule has 3 rings (SSSR count). The van der Waals surface area contributed by atoms with Crippen molar-refractivity contribution in [2.45, 2.75) is 13.8 Å². The fourth-order valence-electron chi connectivity index (χ4n) is 2.46. The van der Waals surface area contributed by atoms with Crippen LogP contribution in [0.5, 0.6) is 0 Å². The van der Waals surface area contributed by atoms with Crippen LogP contribution in [0, 0.1) is 11.8 Å². The lowest BCUT2D eigenvalue weighted by molar-refractivity contribution is 0.834. The molecule has 0 aliphatic heterocycles. The van der Waals surface area contributed by atoms with Gasteiger partial charge >= 0.3 is 0 Å². The second-order valence-corrected chi connectivity index (χ2v) is 5.26. The van der Waals surface area contributed by atoms with Crippen molar-refractivity contribution < 1.29 is 0 Å². The molecule has 19 heavy (non-hydrogen) atoms. The van der Waals surface area contributed by atoms with Crippen LogP contribution >= 0.6 is 0 Å². The Kier molecular flexibility index (Phi) is 3.11. The standard InChI is InChI=1S/C19H18/c1-14-15(2)18(14)13-19(16-9-5-3-6-10-16)17-11-7-4-8-12-17/h3-12,14-15H,1-2H3/t14-,15+. The van der Waals surface area contributed by atoms with Gasteiger partial charge in [-0.05, 0) is 28.5 Å². The fourth-order valence-corrected chi connectivity index (χ4v) is 2.46. The lowest BCUT2D eigenvalue weighted by Gasteiger charge is -2.05. The summed E-state index contributed by atoms with van der Waals surface area (Å²) in [6.07, 6.45) is 0. The summed E-state index contributed by atoms with van der Waals surface area (Å²) in [5.41, 5.74) is 8.80. The average molecular weight is 246 g/mol. The number of benzene rings is 2. The molecule has 0 nitrogen and oxygen atoms in total. The van der Waals surface area contributed by atoms with Crippen molar-refractivity contribution in [2.75, 3.05) is 0 Å². The molecule has 0 radical (unpaired) electrons. The molecular weight excluding hydrogens is 228 g/mol. The predicted molar refractivity (Wildman–Crippen MR) is 80.7 cm³/mol. The second kappa shape index (κ2) is 4.91. The minimum Gasteiger partial charge on any atom is -0.112 e. The Bertz CT molecular complexity index is 577. The third-order valence-corrected chi connectivity index (χ3v) is 4.02. The van der Waals surface area contributed by atoms with Gasteiger partial charge in [0, 0.05) is 5.57 Å². The summed E-state index contributed by atoms with van der Waals surface area (Å²) >= 11 is 0. The first-order valence-corrected chi connectivity index (χ1v) is 6.89. The van der Waals surface area contributed by atoms with Crippen molar-refractivity contribution in [2.24, 2.45) is 11.8 Å². The van der Waals surface area contributed by atoms with Crippen LogP contribution in [0.2, 0.25) is 0 Å². The van der Waals surface area contributed by atoms with Crippen LogP contribution in [0.3, 0.4) is 0 Å². The zero-order chi connectivity index (χ0) is 13.2. The highest BCUT2D eigenvalue weighted by Gasteiger charge is 2.35. The van der Waals surface area contributed by atoms with Crippen LogP contribution in [0.15, 0.2) is 72.0 Å². The summed E-state index contributed by atoms with van der Waals surface area (Å²) in [7, 11) is 0. The quantitative estimate of drug-likeness (QED) is 0.659. The molecule has 1 aliphatic rings. The molecule has 2 aromatic carbocycles. The molecule has 1 saturated carbocycles. The van der Waals surface area contributed by atoms with Crippen molar-refractivity contribution in [1.29, 1.82) is 0 Å². The van der Waals surface area contributed by atoms with Gasteiger partial charge in [-0.15, -0.1) is 5.73 Å². The van der Waals surface area contributed by atoms with Gasteiger partial charge in [0.1, 0.15) is 0 Å². The number of allylic oxidation sites excluding steroid dienone is 1. The molecule has 1 fully saturated rings. The van der Waals surface area contributed by atoms with E-state index in [9.17, 15) is 0 Å². The third-order valence-electron chi connectivity index (χ3n) is 4.02. The Morgan fingerprint density at radius 3 is 1.53 bits per heavy atom. The van der Waals surface area contributed by atoms with E-state index in [1.165, 1.54) is 22.3 Å². The molecule has 1 aliphatic carbocycles. The van der Waals surface area contributed by atoms with Crippen molar-refractivity contribution in [3.8, 4) is 0 Å². The first-order valence-electron chi connectivity index (χ1n) is 6.89. The maximum Gasteiger partial charge on any atom is 0.0309 e. The maximum absolute atomic E-state index is 3.66. The molecule has 0 aromatic heterocycles. The van der Waals surface area contributed by atoms with E-state index in [-0.39, 0.29) is 0 Å². The van der Waals surface area contributed by atoms with E-state index in [4.69, 9.17) is 0 Å². The molecule has 94 valence electrons. The summed E-state index contributed by atoms with van der Waals surface area (Å²) in [4.78, 5) is 0. The predicted octanol–water partition coefficient (Wildman–Crippen LogP) is 4.93. The first kappa shape index (κ1) is 12.0. The van der Waals surface area contributed by atoms with E-state index >= 15 is 0 Å². The minimum atomic E-state index is 0.683. The maximum atomic E-state index is 3.66. The Morgan fingerprint density at radius 1 is 0.737 bits per heavy atom. The van der Waals surface area contributed by atoms with E-state index in [1.54, 1.807) is 0 Å². The summed E-state index contributed by atoms with van der Waals surface area (Å²) < 4.78 is 0. The zero-order valence-electron chi connectivity index (χ0n) is 11.4. The highest BCUT2D eigenvalue weighted by Crippen LogP contribution is 2.44. The Morgan fingerprint density at radius 2 is 1.16 bits per heavy atom. The Labute approximate surface area is 115 Å². The van der Waals surface area contributed by atoms with Gasteiger partial charge in [0.15, 0.2) is 0 Å². The third kappa shape index (κ3) is 2.41. The van der Waals surface area contributed by atoms with Crippen LogP contribution in [0.25, 0.3) is 5.57 Å². The first-order chi connectivity index (χ1) is 9.27. The number of rotatable bonds is 2. The largest absolute Gasteiger partial charge is 0.112 e. The fraction of sp³-hybridized carbons (Fsp3) is 0.211. The molecule has 0 amide bonds. The van der Waals surface area contributed by atoms with E-state index in [2.05, 4.69) is 80.2 Å². The molecule has 0 heterocycles. The van der Waals surface area contributed by atoms with Crippen LogP contribution in [0.4, 0.5) is 0 Å². The van der Waals surface area contributed by atoms with E-state index < -0.39 is 0 Å². The normalized spacial score (nSPS) is 20.8. The molecule has 2 aromatic rings. The van der Waals surface area contributed by atoms with Crippen LogP contribution in [0.1, 0.15) is 25.0 Å². The van der Waals surface area contributed by atoms with Gasteiger partial charge in [-0.2, -0.15) is 0 Å². The van der Waals surface area contributed by atoms with Crippen molar-refractivity contribution in [3.63, 3.8) is 0 Å². The SMILES string of the molecule is C[C@@H]1C(=C=C(c2ccccc2)c2ccccc2)[C@@H]1C. The lowest BCUT2D eigenvalue weighted by atomic mass is 9.98. The molecule has 0 heteroatoms. The molecule has 0 N–H and O–H groups in total. The van der Waals surface area contributed by atoms with Gasteiger partial charge in [-0.1, -0.05) is 74.5 Å². The van der Waals surface area contributed by atoms with Crippen LogP contribution in [-0.2, 0) is 0 Å². The van der Waals surface area contributed by atoms with Gasteiger partial charge in [0.2, 0.25) is 0 Å². The molecule has 0 unspecified atom stereocenters. The van der Waals surface area contributed by atoms with Crippen molar-refractivity contribution in [1.82, 2.24) is 0 Å². The second-order valence-electron chi connectivity index (χ2n) is 5.26. The van der Waals surface area contributed by atoms with Gasteiger partial charge in [-0.25, -0.2) is 0 Å².